The summed E-state index contributed by atoms with van der Waals surface area (Å²) in [7, 11) is 0. The number of carboxylic acids is 1. The molecule has 1 unspecified atom stereocenters. The van der Waals surface area contributed by atoms with Gasteiger partial charge in [0.2, 0.25) is 5.43 Å². The number of carbonyl (C=O) groups is 1. The zero-order chi connectivity index (χ0) is 18.6. The highest BCUT2D eigenvalue weighted by atomic mass is 19.1. The summed E-state index contributed by atoms with van der Waals surface area (Å²) in [4.78, 5) is 25.5. The first-order valence-corrected chi connectivity index (χ1v) is 8.67. The van der Waals surface area contributed by atoms with Crippen LogP contribution in [0.1, 0.15) is 36.2 Å². The van der Waals surface area contributed by atoms with Crippen molar-refractivity contribution in [2.75, 3.05) is 24.5 Å². The smallest absolute Gasteiger partial charge is 0.341 e. The minimum atomic E-state index is -1.40. The summed E-state index contributed by atoms with van der Waals surface area (Å²) >= 11 is 0. The molecule has 8 heteroatoms. The zero-order valence-electron chi connectivity index (χ0n) is 14.3. The van der Waals surface area contributed by atoms with E-state index in [1.165, 1.54) is 10.8 Å². The van der Waals surface area contributed by atoms with Crippen LogP contribution in [-0.2, 0) is 0 Å². The normalized spacial score (nSPS) is 20.6. The highest BCUT2D eigenvalue weighted by Crippen LogP contribution is 2.39. The van der Waals surface area contributed by atoms with E-state index < -0.39 is 28.6 Å². The summed E-state index contributed by atoms with van der Waals surface area (Å²) in [6, 6.07) is 0.998. The maximum atomic E-state index is 15.4. The van der Waals surface area contributed by atoms with Crippen LogP contribution in [0.3, 0.4) is 0 Å². The Balaban J connectivity index is 2.00. The van der Waals surface area contributed by atoms with E-state index in [1.54, 1.807) is 4.90 Å². The molecule has 1 saturated carbocycles. The molecule has 2 heterocycles. The molecular formula is C18H19F2N3O3. The van der Waals surface area contributed by atoms with Gasteiger partial charge in [-0.2, -0.15) is 0 Å². The van der Waals surface area contributed by atoms with Gasteiger partial charge in [-0.1, -0.05) is 0 Å². The van der Waals surface area contributed by atoms with Crippen LogP contribution in [0.2, 0.25) is 0 Å². The van der Waals surface area contributed by atoms with E-state index >= 15 is 4.39 Å². The van der Waals surface area contributed by atoms with Crippen LogP contribution in [0.15, 0.2) is 17.1 Å². The lowest BCUT2D eigenvalue weighted by Gasteiger charge is -2.34. The van der Waals surface area contributed by atoms with E-state index in [4.69, 9.17) is 0 Å². The van der Waals surface area contributed by atoms with E-state index in [2.05, 4.69) is 5.32 Å². The molecule has 1 atom stereocenters. The fraction of sp³-hybridized carbons (Fsp3) is 0.444. The number of pyridine rings is 1. The van der Waals surface area contributed by atoms with Gasteiger partial charge in [-0.3, -0.25) is 4.79 Å². The first-order chi connectivity index (χ1) is 12.4. The molecule has 26 heavy (non-hydrogen) atoms. The van der Waals surface area contributed by atoms with Gasteiger partial charge in [0.1, 0.15) is 17.1 Å². The number of rotatable bonds is 3. The molecule has 2 fully saturated rings. The molecule has 1 aliphatic heterocycles. The van der Waals surface area contributed by atoms with Gasteiger partial charge >= 0.3 is 5.97 Å². The molecule has 0 amide bonds. The summed E-state index contributed by atoms with van der Waals surface area (Å²) in [5.41, 5.74) is -1.48. The number of halogens is 2. The standard InChI is InChI=1S/C18H19F2N3O3/c1-9-7-22(5-4-21-9)16-13(19)6-11-15(14(16)20)23(10-2-3-10)8-12(17(11)24)18(25)26/h6,8-10,21H,2-5,7H2,1H3,(H,25,26). The van der Waals surface area contributed by atoms with Gasteiger partial charge in [-0.15, -0.1) is 0 Å². The predicted molar refractivity (Wildman–Crippen MR) is 93.0 cm³/mol. The number of nitrogens with one attached hydrogen (secondary N) is 1. The number of fused-ring (bicyclic) bond motifs is 1. The summed E-state index contributed by atoms with van der Waals surface area (Å²) in [5.74, 6) is -3.03. The number of benzene rings is 1. The molecule has 2 aromatic rings. The molecule has 1 aromatic carbocycles. The molecule has 1 aliphatic carbocycles. The topological polar surface area (TPSA) is 74.6 Å². The molecule has 2 aliphatic rings. The molecule has 4 rings (SSSR count). The van der Waals surface area contributed by atoms with Gasteiger partial charge < -0.3 is 19.9 Å². The minimum absolute atomic E-state index is 0.00918. The lowest BCUT2D eigenvalue weighted by molar-refractivity contribution is 0.0695. The largest absolute Gasteiger partial charge is 0.477 e. The van der Waals surface area contributed by atoms with Gasteiger partial charge in [0.15, 0.2) is 5.82 Å². The van der Waals surface area contributed by atoms with Crippen molar-refractivity contribution in [3.05, 3.63) is 39.7 Å². The number of aromatic nitrogens is 1. The Morgan fingerprint density at radius 1 is 1.35 bits per heavy atom. The SMILES string of the molecule is CC1CN(c2c(F)cc3c(=O)c(C(=O)O)cn(C4CC4)c3c2F)CCN1. The van der Waals surface area contributed by atoms with E-state index in [0.29, 0.717) is 19.6 Å². The second kappa shape index (κ2) is 6.05. The number of carboxylic acid groups (broad SMARTS) is 1. The number of aromatic carboxylic acids is 1. The van der Waals surface area contributed by atoms with Crippen molar-refractivity contribution in [3.63, 3.8) is 0 Å². The van der Waals surface area contributed by atoms with E-state index in [1.807, 2.05) is 6.92 Å². The fourth-order valence-electron chi connectivity index (χ4n) is 3.65. The molecule has 2 N–H and O–H groups in total. The van der Waals surface area contributed by atoms with Crippen molar-refractivity contribution in [1.29, 1.82) is 0 Å². The second-order valence-corrected chi connectivity index (χ2v) is 7.03. The Kier molecular flexibility index (Phi) is 3.95. The van der Waals surface area contributed by atoms with Crippen molar-refractivity contribution < 1.29 is 18.7 Å². The minimum Gasteiger partial charge on any atom is -0.477 e. The zero-order valence-corrected chi connectivity index (χ0v) is 14.3. The quantitative estimate of drug-likeness (QED) is 0.874. The maximum Gasteiger partial charge on any atom is 0.341 e. The molecule has 0 spiro atoms. The number of nitrogens with zero attached hydrogens (tertiary/aromatic N) is 2. The van der Waals surface area contributed by atoms with Crippen molar-refractivity contribution in [2.45, 2.75) is 31.8 Å². The Morgan fingerprint density at radius 3 is 2.69 bits per heavy atom. The molecular weight excluding hydrogens is 344 g/mol. The van der Waals surface area contributed by atoms with Crippen LogP contribution in [-0.4, -0.2) is 41.3 Å². The van der Waals surface area contributed by atoms with Crippen molar-refractivity contribution in [2.24, 2.45) is 0 Å². The fourth-order valence-corrected chi connectivity index (χ4v) is 3.65. The van der Waals surface area contributed by atoms with Gasteiger partial charge in [0.05, 0.1) is 10.9 Å². The summed E-state index contributed by atoms with van der Waals surface area (Å²) in [6.45, 7) is 3.43. The maximum absolute atomic E-state index is 15.4. The monoisotopic (exact) mass is 363 g/mol. The molecule has 1 saturated heterocycles. The lowest BCUT2D eigenvalue weighted by Crippen LogP contribution is -2.49. The summed E-state index contributed by atoms with van der Waals surface area (Å²) in [5, 5.41) is 12.3. The first kappa shape index (κ1) is 17.0. The Morgan fingerprint density at radius 2 is 2.08 bits per heavy atom. The third kappa shape index (κ3) is 2.65. The van der Waals surface area contributed by atoms with Crippen LogP contribution >= 0.6 is 0 Å². The summed E-state index contributed by atoms with van der Waals surface area (Å²) in [6.07, 6.45) is 2.73. The van der Waals surface area contributed by atoms with Gasteiger partial charge in [0, 0.05) is 37.9 Å². The van der Waals surface area contributed by atoms with Crippen molar-refractivity contribution >= 4 is 22.6 Å². The highest BCUT2D eigenvalue weighted by Gasteiger charge is 2.31. The molecule has 138 valence electrons. The van der Waals surface area contributed by atoms with Crippen molar-refractivity contribution in [3.8, 4) is 0 Å². The van der Waals surface area contributed by atoms with Crippen LogP contribution in [0, 0.1) is 11.6 Å². The number of anilines is 1. The van der Waals surface area contributed by atoms with Gasteiger partial charge in [0.25, 0.3) is 0 Å². The number of hydrogen-bond donors (Lipinski definition) is 2. The van der Waals surface area contributed by atoms with Crippen molar-refractivity contribution in [1.82, 2.24) is 9.88 Å². The molecule has 6 nitrogen and oxygen atoms in total. The van der Waals surface area contributed by atoms with Crippen LogP contribution in [0.4, 0.5) is 14.5 Å². The van der Waals surface area contributed by atoms with E-state index in [9.17, 15) is 19.1 Å². The predicted octanol–water partition coefficient (Wildman–Crippen LogP) is 2.11. The van der Waals surface area contributed by atoms with Crippen LogP contribution in [0.5, 0.6) is 0 Å². The summed E-state index contributed by atoms with van der Waals surface area (Å²) < 4.78 is 31.6. The van der Waals surface area contributed by atoms with Crippen LogP contribution in [0.25, 0.3) is 10.9 Å². The molecule has 0 radical (unpaired) electrons. The van der Waals surface area contributed by atoms with Gasteiger partial charge in [-0.05, 0) is 25.8 Å². The third-order valence-corrected chi connectivity index (χ3v) is 5.04. The average Bonchev–Trinajstić information content (AvgIpc) is 3.40. The van der Waals surface area contributed by atoms with Crippen LogP contribution < -0.4 is 15.6 Å². The second-order valence-electron chi connectivity index (χ2n) is 7.03. The lowest BCUT2D eigenvalue weighted by atomic mass is 10.1. The Bertz CT molecular complexity index is 969. The van der Waals surface area contributed by atoms with Gasteiger partial charge in [-0.25, -0.2) is 13.6 Å². The molecule has 0 bridgehead atoms. The Hall–Kier alpha value is -2.48. The van der Waals surface area contributed by atoms with E-state index in [0.717, 1.165) is 18.9 Å². The third-order valence-electron chi connectivity index (χ3n) is 5.04. The number of piperazine rings is 1. The molecule has 1 aromatic heterocycles. The van der Waals surface area contributed by atoms with E-state index in [-0.39, 0.29) is 28.7 Å². The first-order valence-electron chi connectivity index (χ1n) is 8.67. The number of hydrogen-bond acceptors (Lipinski definition) is 4. The Labute approximate surface area is 148 Å². The average molecular weight is 363 g/mol. The highest BCUT2D eigenvalue weighted by molar-refractivity contribution is 5.94.